The van der Waals surface area contributed by atoms with E-state index in [0.717, 1.165) is 6.42 Å². The zero-order valence-corrected chi connectivity index (χ0v) is 12.7. The minimum atomic E-state index is -2.56. The molecule has 1 unspecified atom stereocenters. The summed E-state index contributed by atoms with van der Waals surface area (Å²) in [6, 6.07) is 4.33. The monoisotopic (exact) mass is 316 g/mol. The van der Waals surface area contributed by atoms with Gasteiger partial charge in [0.25, 0.3) is 6.43 Å². The van der Waals surface area contributed by atoms with Crippen LogP contribution in [0.5, 0.6) is 5.75 Å². The standard InChI is InChI=1S/C15H22F2N2O3/c1-3-4-12(20)8-18-15(21)19-11-6-5-10(2)13(7-11)22-9-14(16)17/h5-7,12,14,20H,3-4,8-9H2,1-2H3,(H2,18,19,21). The van der Waals surface area contributed by atoms with Crippen molar-refractivity contribution >= 4 is 11.7 Å². The summed E-state index contributed by atoms with van der Waals surface area (Å²) in [6.07, 6.45) is -1.71. The van der Waals surface area contributed by atoms with E-state index in [1.807, 2.05) is 6.92 Å². The first-order chi connectivity index (χ1) is 10.4. The van der Waals surface area contributed by atoms with Crippen molar-refractivity contribution in [2.24, 2.45) is 0 Å². The number of nitrogens with one attached hydrogen (secondary N) is 2. The largest absolute Gasteiger partial charge is 0.487 e. The van der Waals surface area contributed by atoms with E-state index >= 15 is 0 Å². The van der Waals surface area contributed by atoms with E-state index in [1.54, 1.807) is 19.1 Å². The number of halogens is 2. The Hall–Kier alpha value is -1.89. The smallest absolute Gasteiger partial charge is 0.319 e. The number of aliphatic hydroxyl groups excluding tert-OH is 1. The maximum Gasteiger partial charge on any atom is 0.319 e. The van der Waals surface area contributed by atoms with Gasteiger partial charge < -0.3 is 20.5 Å². The summed E-state index contributed by atoms with van der Waals surface area (Å²) in [6.45, 7) is 3.13. The van der Waals surface area contributed by atoms with Crippen molar-refractivity contribution in [2.45, 2.75) is 39.2 Å². The first kappa shape index (κ1) is 18.2. The maximum atomic E-state index is 12.2. The maximum absolute atomic E-state index is 12.2. The summed E-state index contributed by atoms with van der Waals surface area (Å²) < 4.78 is 29.3. The first-order valence-electron chi connectivity index (χ1n) is 7.16. The van der Waals surface area contributed by atoms with Crippen LogP contribution in [0.15, 0.2) is 18.2 Å². The third-order valence-electron chi connectivity index (χ3n) is 2.93. The Balaban J connectivity index is 2.54. The number of urea groups is 1. The quantitative estimate of drug-likeness (QED) is 0.690. The molecule has 5 nitrogen and oxygen atoms in total. The Morgan fingerprint density at radius 3 is 2.77 bits per heavy atom. The highest BCUT2D eigenvalue weighted by Gasteiger charge is 2.09. The highest BCUT2D eigenvalue weighted by Crippen LogP contribution is 2.23. The van der Waals surface area contributed by atoms with Crippen molar-refractivity contribution in [3.05, 3.63) is 23.8 Å². The molecule has 124 valence electrons. The topological polar surface area (TPSA) is 70.6 Å². The predicted molar refractivity (Wildman–Crippen MR) is 80.6 cm³/mol. The van der Waals surface area contributed by atoms with Crippen LogP contribution in [0, 0.1) is 6.92 Å². The Morgan fingerprint density at radius 2 is 2.14 bits per heavy atom. The lowest BCUT2D eigenvalue weighted by molar-refractivity contribution is 0.0816. The number of ether oxygens (including phenoxy) is 1. The van der Waals surface area contributed by atoms with Gasteiger partial charge in [0.2, 0.25) is 0 Å². The summed E-state index contributed by atoms with van der Waals surface area (Å²) in [5, 5.41) is 14.6. The summed E-state index contributed by atoms with van der Waals surface area (Å²) in [5.74, 6) is 0.295. The minimum absolute atomic E-state index is 0.153. The molecule has 0 aliphatic carbocycles. The van der Waals surface area contributed by atoms with Crippen LogP contribution in [-0.2, 0) is 0 Å². The molecule has 2 amide bonds. The number of carbonyl (C=O) groups excluding carboxylic acids is 1. The molecule has 0 radical (unpaired) electrons. The number of rotatable bonds is 8. The Labute approximate surface area is 128 Å². The molecule has 0 spiro atoms. The first-order valence-corrected chi connectivity index (χ1v) is 7.16. The van der Waals surface area contributed by atoms with Crippen LogP contribution in [-0.4, -0.2) is 36.8 Å². The van der Waals surface area contributed by atoms with Gasteiger partial charge in [0.1, 0.15) is 12.4 Å². The van der Waals surface area contributed by atoms with Crippen molar-refractivity contribution in [1.29, 1.82) is 0 Å². The minimum Gasteiger partial charge on any atom is -0.487 e. The number of hydrogen-bond donors (Lipinski definition) is 3. The molecule has 1 aromatic carbocycles. The molecular formula is C15H22F2N2O3. The summed E-state index contributed by atoms with van der Waals surface area (Å²) >= 11 is 0. The van der Waals surface area contributed by atoms with Gasteiger partial charge in [-0.05, 0) is 25.0 Å². The van der Waals surface area contributed by atoms with E-state index in [1.165, 1.54) is 6.07 Å². The summed E-state index contributed by atoms with van der Waals surface area (Å²) in [5.41, 5.74) is 1.13. The second-order valence-corrected chi connectivity index (χ2v) is 4.96. The second kappa shape index (κ2) is 9.19. The van der Waals surface area contributed by atoms with Gasteiger partial charge >= 0.3 is 6.03 Å². The van der Waals surface area contributed by atoms with Crippen LogP contribution in [0.2, 0.25) is 0 Å². The zero-order chi connectivity index (χ0) is 16.5. The highest BCUT2D eigenvalue weighted by atomic mass is 19.3. The van der Waals surface area contributed by atoms with Crippen LogP contribution in [0.4, 0.5) is 19.3 Å². The summed E-state index contributed by atoms with van der Waals surface area (Å²) in [7, 11) is 0. The lowest BCUT2D eigenvalue weighted by Crippen LogP contribution is -2.35. The third-order valence-corrected chi connectivity index (χ3v) is 2.93. The van der Waals surface area contributed by atoms with Crippen LogP contribution in [0.1, 0.15) is 25.3 Å². The third kappa shape index (κ3) is 6.71. The van der Waals surface area contributed by atoms with Gasteiger partial charge in [-0.25, -0.2) is 13.6 Å². The van der Waals surface area contributed by atoms with Crippen molar-refractivity contribution < 1.29 is 23.4 Å². The Bertz CT molecular complexity index is 484. The molecule has 1 aromatic rings. The van der Waals surface area contributed by atoms with E-state index in [-0.39, 0.29) is 6.54 Å². The lowest BCUT2D eigenvalue weighted by Gasteiger charge is -2.13. The highest BCUT2D eigenvalue weighted by molar-refractivity contribution is 5.89. The van der Waals surface area contributed by atoms with Crippen LogP contribution < -0.4 is 15.4 Å². The normalized spacial score (nSPS) is 12.1. The number of aryl methyl sites for hydroxylation is 1. The van der Waals surface area contributed by atoms with Gasteiger partial charge in [-0.1, -0.05) is 19.4 Å². The molecule has 22 heavy (non-hydrogen) atoms. The van der Waals surface area contributed by atoms with E-state index < -0.39 is 25.2 Å². The van der Waals surface area contributed by atoms with Gasteiger partial charge in [0.05, 0.1) is 6.10 Å². The van der Waals surface area contributed by atoms with Crippen molar-refractivity contribution in [1.82, 2.24) is 5.32 Å². The molecule has 1 rings (SSSR count). The zero-order valence-electron chi connectivity index (χ0n) is 12.7. The van der Waals surface area contributed by atoms with Gasteiger partial charge in [-0.2, -0.15) is 0 Å². The average Bonchev–Trinajstić information content (AvgIpc) is 2.46. The van der Waals surface area contributed by atoms with Crippen molar-refractivity contribution in [3.8, 4) is 5.75 Å². The fourth-order valence-electron chi connectivity index (χ4n) is 1.81. The SMILES string of the molecule is CCCC(O)CNC(=O)Nc1ccc(C)c(OCC(F)F)c1. The number of amides is 2. The number of anilines is 1. The van der Waals surface area contributed by atoms with Gasteiger partial charge in [-0.3, -0.25) is 0 Å². The van der Waals surface area contributed by atoms with Crippen LogP contribution in [0.25, 0.3) is 0 Å². The fourth-order valence-corrected chi connectivity index (χ4v) is 1.81. The number of hydrogen-bond acceptors (Lipinski definition) is 3. The predicted octanol–water partition coefficient (Wildman–Crippen LogP) is 2.92. The molecule has 0 aromatic heterocycles. The Kier molecular flexibility index (Phi) is 7.59. The van der Waals surface area contributed by atoms with Crippen molar-refractivity contribution in [2.75, 3.05) is 18.5 Å². The van der Waals surface area contributed by atoms with Gasteiger partial charge in [-0.15, -0.1) is 0 Å². The number of alkyl halides is 2. The molecule has 0 aliphatic heterocycles. The van der Waals surface area contributed by atoms with E-state index in [4.69, 9.17) is 4.74 Å². The molecular weight excluding hydrogens is 294 g/mol. The molecule has 0 saturated carbocycles. The lowest BCUT2D eigenvalue weighted by atomic mass is 10.2. The van der Waals surface area contributed by atoms with Gasteiger partial charge in [0, 0.05) is 18.3 Å². The molecule has 0 heterocycles. The Morgan fingerprint density at radius 1 is 1.41 bits per heavy atom. The number of carbonyl (C=O) groups is 1. The molecule has 1 atom stereocenters. The van der Waals surface area contributed by atoms with Crippen molar-refractivity contribution in [3.63, 3.8) is 0 Å². The molecule has 3 N–H and O–H groups in total. The van der Waals surface area contributed by atoms with Crippen LogP contribution in [0.3, 0.4) is 0 Å². The van der Waals surface area contributed by atoms with Crippen LogP contribution >= 0.6 is 0 Å². The molecule has 0 bridgehead atoms. The average molecular weight is 316 g/mol. The van der Waals surface area contributed by atoms with Gasteiger partial charge in [0.15, 0.2) is 0 Å². The van der Waals surface area contributed by atoms with E-state index in [0.29, 0.717) is 23.4 Å². The molecule has 0 saturated heterocycles. The molecule has 0 aliphatic rings. The van der Waals surface area contributed by atoms with E-state index in [2.05, 4.69) is 10.6 Å². The summed E-state index contributed by atoms with van der Waals surface area (Å²) in [4.78, 5) is 11.7. The number of aliphatic hydroxyl groups is 1. The molecule has 0 fully saturated rings. The number of benzene rings is 1. The second-order valence-electron chi connectivity index (χ2n) is 4.96. The fraction of sp³-hybridized carbons (Fsp3) is 0.533. The van der Waals surface area contributed by atoms with E-state index in [9.17, 15) is 18.7 Å². The molecule has 7 heteroatoms.